The van der Waals surface area contributed by atoms with Crippen molar-refractivity contribution in [3.63, 3.8) is 0 Å². The minimum absolute atomic E-state index is 0.430. The van der Waals surface area contributed by atoms with E-state index in [0.717, 1.165) is 32.6 Å². The Balaban J connectivity index is 1.62. The topological polar surface area (TPSA) is 41.6 Å². The van der Waals surface area contributed by atoms with Gasteiger partial charge in [0, 0.05) is 28.2 Å². The lowest BCUT2D eigenvalue weighted by atomic mass is 10.0. The van der Waals surface area contributed by atoms with Crippen molar-refractivity contribution in [2.75, 3.05) is 11.9 Å². The second kappa shape index (κ2) is 6.39. The van der Waals surface area contributed by atoms with Gasteiger partial charge in [0.2, 0.25) is 5.96 Å². The molecule has 0 heterocycles. The Morgan fingerprint density at radius 2 is 1.54 bits per heavy atom. The summed E-state index contributed by atoms with van der Waals surface area (Å²) in [6.07, 6.45) is 4.28. The van der Waals surface area contributed by atoms with Crippen LogP contribution in [0.3, 0.4) is 0 Å². The summed E-state index contributed by atoms with van der Waals surface area (Å²) in [4.78, 5) is 6.67. The van der Waals surface area contributed by atoms with Gasteiger partial charge in [0.1, 0.15) is 0 Å². The summed E-state index contributed by atoms with van der Waals surface area (Å²) in [6, 6.07) is 22.3. The summed E-state index contributed by atoms with van der Waals surface area (Å²) in [6.45, 7) is 0. The van der Waals surface area contributed by atoms with Crippen molar-refractivity contribution in [1.29, 1.82) is 0 Å². The molecule has 4 aromatic carbocycles. The molecule has 0 atom stereocenters. The normalized spacial score (nSPS) is 12.9. The maximum Gasteiger partial charge on any atom is 0.200 e. The van der Waals surface area contributed by atoms with Gasteiger partial charge in [0.25, 0.3) is 0 Å². The minimum atomic E-state index is 0.430. The number of anilines is 1. The van der Waals surface area contributed by atoms with Gasteiger partial charge in [-0.25, -0.2) is 4.99 Å². The standard InChI is InChI=1S/C24H18ClN3/c1-28(22-14-12-20(25)17-6-2-3-7-18(17)22)24(26)27-21-13-11-16-10-9-15-5-4-8-19(21)23(15)16/h2-14H,1H3,(H2,26,27). The maximum absolute atomic E-state index is 6.42. The zero-order valence-corrected chi connectivity index (χ0v) is 16.1. The molecule has 0 fully saturated rings. The molecule has 4 aromatic rings. The van der Waals surface area contributed by atoms with E-state index in [1.165, 1.54) is 16.5 Å². The lowest BCUT2D eigenvalue weighted by molar-refractivity contribution is 1.23. The Kier molecular flexibility index (Phi) is 3.85. The van der Waals surface area contributed by atoms with E-state index in [-0.39, 0.29) is 0 Å². The van der Waals surface area contributed by atoms with Crippen molar-refractivity contribution >= 4 is 62.6 Å². The average Bonchev–Trinajstić information content (AvgIpc) is 3.15. The van der Waals surface area contributed by atoms with Crippen molar-refractivity contribution in [3.05, 3.63) is 82.9 Å². The van der Waals surface area contributed by atoms with Gasteiger partial charge in [-0.3, -0.25) is 0 Å². The number of hydrogen-bond acceptors (Lipinski definition) is 1. The number of aliphatic imine (C=N–C) groups is 1. The summed E-state index contributed by atoms with van der Waals surface area (Å²) in [5.74, 6) is 0.430. The molecule has 0 amide bonds. The zero-order valence-electron chi connectivity index (χ0n) is 15.4. The number of guanidine groups is 1. The molecule has 5 rings (SSSR count). The number of nitrogens with zero attached hydrogens (tertiary/aromatic N) is 2. The lowest BCUT2D eigenvalue weighted by Crippen LogP contribution is -2.33. The van der Waals surface area contributed by atoms with Crippen LogP contribution in [0.5, 0.6) is 0 Å². The van der Waals surface area contributed by atoms with Crippen LogP contribution in [0.25, 0.3) is 33.7 Å². The Labute approximate surface area is 168 Å². The van der Waals surface area contributed by atoms with Gasteiger partial charge in [-0.2, -0.15) is 0 Å². The van der Waals surface area contributed by atoms with Gasteiger partial charge in [-0.15, -0.1) is 0 Å². The highest BCUT2D eigenvalue weighted by Crippen LogP contribution is 2.37. The van der Waals surface area contributed by atoms with Gasteiger partial charge in [-0.1, -0.05) is 72.3 Å². The SMILES string of the molecule is CN(C(N)=Nc1ccc2c3c(cccc13)C=C2)c1ccc(Cl)c2ccccc12. The van der Waals surface area contributed by atoms with E-state index in [0.29, 0.717) is 5.96 Å². The second-order valence-corrected chi connectivity index (χ2v) is 7.33. The maximum atomic E-state index is 6.42. The molecule has 4 heteroatoms. The van der Waals surface area contributed by atoms with E-state index in [4.69, 9.17) is 22.3 Å². The predicted molar refractivity (Wildman–Crippen MR) is 122 cm³/mol. The van der Waals surface area contributed by atoms with Crippen LogP contribution in [0, 0.1) is 0 Å². The third-order valence-corrected chi connectivity index (χ3v) is 5.64. The molecule has 2 N–H and O–H groups in total. The molecule has 0 radical (unpaired) electrons. The number of rotatable bonds is 2. The first-order valence-corrected chi connectivity index (χ1v) is 9.50. The molecular formula is C24H18ClN3. The largest absolute Gasteiger partial charge is 0.369 e. The fraction of sp³-hybridized carbons (Fsp3) is 0.0417. The van der Waals surface area contributed by atoms with Crippen LogP contribution in [0.1, 0.15) is 11.1 Å². The molecular weight excluding hydrogens is 366 g/mol. The van der Waals surface area contributed by atoms with Crippen LogP contribution in [0.15, 0.2) is 71.7 Å². The Morgan fingerprint density at radius 3 is 2.36 bits per heavy atom. The van der Waals surface area contributed by atoms with Gasteiger partial charge in [-0.05, 0) is 34.7 Å². The molecule has 0 aliphatic heterocycles. The van der Waals surface area contributed by atoms with Crippen molar-refractivity contribution in [2.45, 2.75) is 0 Å². The van der Waals surface area contributed by atoms with Gasteiger partial charge in [0.15, 0.2) is 0 Å². The van der Waals surface area contributed by atoms with Crippen LogP contribution in [-0.4, -0.2) is 13.0 Å². The van der Waals surface area contributed by atoms with Crippen LogP contribution in [0.4, 0.5) is 11.4 Å². The molecule has 1 aliphatic carbocycles. The minimum Gasteiger partial charge on any atom is -0.369 e. The van der Waals surface area contributed by atoms with Gasteiger partial charge in [0.05, 0.1) is 11.4 Å². The Bertz CT molecular complexity index is 1290. The number of fused-ring (bicyclic) bond motifs is 1. The van der Waals surface area contributed by atoms with Crippen LogP contribution >= 0.6 is 11.6 Å². The Morgan fingerprint density at radius 1 is 0.821 bits per heavy atom. The average molecular weight is 384 g/mol. The van der Waals surface area contributed by atoms with Crippen molar-refractivity contribution in [1.82, 2.24) is 0 Å². The molecule has 0 unspecified atom stereocenters. The molecule has 0 spiro atoms. The quantitative estimate of drug-likeness (QED) is 0.290. The highest BCUT2D eigenvalue weighted by atomic mass is 35.5. The molecule has 136 valence electrons. The third-order valence-electron chi connectivity index (χ3n) is 5.31. The van der Waals surface area contributed by atoms with Gasteiger partial charge >= 0.3 is 0 Å². The summed E-state index contributed by atoms with van der Waals surface area (Å²) in [5.41, 5.74) is 10.7. The summed E-state index contributed by atoms with van der Waals surface area (Å²) in [5, 5.41) is 5.11. The van der Waals surface area contributed by atoms with E-state index in [1.807, 2.05) is 54.4 Å². The fourth-order valence-electron chi connectivity index (χ4n) is 3.86. The van der Waals surface area contributed by atoms with Gasteiger partial charge < -0.3 is 10.6 Å². The molecule has 28 heavy (non-hydrogen) atoms. The monoisotopic (exact) mass is 383 g/mol. The van der Waals surface area contributed by atoms with Crippen LogP contribution < -0.4 is 10.6 Å². The van der Waals surface area contributed by atoms with E-state index < -0.39 is 0 Å². The van der Waals surface area contributed by atoms with E-state index in [9.17, 15) is 0 Å². The highest BCUT2D eigenvalue weighted by Gasteiger charge is 2.14. The summed E-state index contributed by atoms with van der Waals surface area (Å²) >= 11 is 6.36. The Hall–Kier alpha value is -3.30. The van der Waals surface area contributed by atoms with Crippen LogP contribution in [-0.2, 0) is 0 Å². The highest BCUT2D eigenvalue weighted by molar-refractivity contribution is 6.36. The van der Waals surface area contributed by atoms with Crippen LogP contribution in [0.2, 0.25) is 5.02 Å². The fourth-order valence-corrected chi connectivity index (χ4v) is 4.09. The molecule has 0 aromatic heterocycles. The molecule has 0 bridgehead atoms. The first-order chi connectivity index (χ1) is 13.6. The molecule has 0 saturated heterocycles. The molecule has 3 nitrogen and oxygen atoms in total. The number of benzene rings is 4. The van der Waals surface area contributed by atoms with E-state index >= 15 is 0 Å². The van der Waals surface area contributed by atoms with Crippen molar-refractivity contribution in [2.24, 2.45) is 10.7 Å². The molecule has 1 aliphatic rings. The second-order valence-electron chi connectivity index (χ2n) is 6.92. The first-order valence-electron chi connectivity index (χ1n) is 9.12. The smallest absolute Gasteiger partial charge is 0.200 e. The van der Waals surface area contributed by atoms with Crippen molar-refractivity contribution in [3.8, 4) is 0 Å². The number of hydrogen-bond donors (Lipinski definition) is 1. The summed E-state index contributed by atoms with van der Waals surface area (Å²) < 4.78 is 0. The molecule has 0 saturated carbocycles. The lowest BCUT2D eigenvalue weighted by Gasteiger charge is -2.21. The van der Waals surface area contributed by atoms with E-state index in [1.54, 1.807) is 0 Å². The summed E-state index contributed by atoms with van der Waals surface area (Å²) in [7, 11) is 1.93. The van der Waals surface area contributed by atoms with Crippen molar-refractivity contribution < 1.29 is 0 Å². The zero-order chi connectivity index (χ0) is 19.3. The number of nitrogens with two attached hydrogens (primary N) is 1. The van der Waals surface area contributed by atoms with E-state index in [2.05, 4.69) is 36.4 Å². The third kappa shape index (κ3) is 2.55. The predicted octanol–water partition coefficient (Wildman–Crippen LogP) is 6.21. The number of halogens is 1. The first kappa shape index (κ1) is 16.8.